The number of nitrogens with zero attached hydrogens (tertiary/aromatic N) is 3. The summed E-state index contributed by atoms with van der Waals surface area (Å²) in [4.78, 5) is 10.8. The number of ether oxygens (including phenoxy) is 2. The molecule has 1 aromatic rings. The number of nitrogens with one attached hydrogen (secondary N) is 2. The van der Waals surface area contributed by atoms with Crippen molar-refractivity contribution in [2.45, 2.75) is 32.2 Å². The first-order valence-corrected chi connectivity index (χ1v) is 10.3. The Hall–Kier alpha value is -1.20. The molecule has 29 heavy (non-hydrogen) atoms. The van der Waals surface area contributed by atoms with Gasteiger partial charge in [-0.2, -0.15) is 0 Å². The van der Waals surface area contributed by atoms with Crippen LogP contribution in [-0.2, 0) is 9.47 Å². The number of halogens is 2. The third-order valence-electron chi connectivity index (χ3n) is 5.01. The fourth-order valence-electron chi connectivity index (χ4n) is 3.52. The van der Waals surface area contributed by atoms with Gasteiger partial charge in [-0.15, -0.1) is 24.0 Å². The first-order valence-electron chi connectivity index (χ1n) is 10.3. The lowest BCUT2D eigenvalue weighted by Gasteiger charge is -2.20. The molecule has 2 fully saturated rings. The van der Waals surface area contributed by atoms with Crippen LogP contribution in [0.1, 0.15) is 26.2 Å². The second-order valence-corrected chi connectivity index (χ2v) is 7.30. The van der Waals surface area contributed by atoms with Gasteiger partial charge in [-0.1, -0.05) is 0 Å². The summed E-state index contributed by atoms with van der Waals surface area (Å²) in [6, 6.07) is 3.29. The van der Waals surface area contributed by atoms with Crippen molar-refractivity contribution in [1.82, 2.24) is 15.6 Å². The van der Waals surface area contributed by atoms with E-state index in [0.29, 0.717) is 24.8 Å². The second-order valence-electron chi connectivity index (χ2n) is 7.30. The van der Waals surface area contributed by atoms with Crippen LogP contribution in [0.2, 0.25) is 0 Å². The number of guanidine groups is 1. The van der Waals surface area contributed by atoms with Gasteiger partial charge >= 0.3 is 0 Å². The number of hydrogen-bond donors (Lipinski definition) is 2. The third kappa shape index (κ3) is 7.86. The molecule has 0 bridgehead atoms. The van der Waals surface area contributed by atoms with Crippen molar-refractivity contribution < 1.29 is 13.9 Å². The molecule has 0 saturated carbocycles. The summed E-state index contributed by atoms with van der Waals surface area (Å²) in [5, 5.41) is 6.75. The van der Waals surface area contributed by atoms with Crippen molar-refractivity contribution in [3.8, 4) is 0 Å². The Kier molecular flexibility index (Phi) is 10.9. The molecule has 0 amide bonds. The average Bonchev–Trinajstić information content (AvgIpc) is 3.37. The SMILES string of the molecule is CCNC(=NCCCOCC1CCOC1)NC1CCN(c2ncccc2F)C1.I. The first-order chi connectivity index (χ1) is 13.8. The zero-order valence-electron chi connectivity index (χ0n) is 17.1. The maximum Gasteiger partial charge on any atom is 0.191 e. The minimum atomic E-state index is -0.270. The van der Waals surface area contributed by atoms with Gasteiger partial charge in [-0.05, 0) is 38.3 Å². The van der Waals surface area contributed by atoms with E-state index < -0.39 is 0 Å². The predicted octanol–water partition coefficient (Wildman–Crippen LogP) is 2.42. The van der Waals surface area contributed by atoms with Gasteiger partial charge < -0.3 is 25.0 Å². The lowest BCUT2D eigenvalue weighted by Crippen LogP contribution is -2.44. The van der Waals surface area contributed by atoms with Crippen molar-refractivity contribution in [1.29, 1.82) is 0 Å². The van der Waals surface area contributed by atoms with Crippen LogP contribution in [0.25, 0.3) is 0 Å². The zero-order valence-corrected chi connectivity index (χ0v) is 19.4. The molecule has 0 spiro atoms. The highest BCUT2D eigenvalue weighted by atomic mass is 127. The van der Waals surface area contributed by atoms with E-state index in [-0.39, 0.29) is 35.8 Å². The summed E-state index contributed by atoms with van der Waals surface area (Å²) < 4.78 is 25.0. The summed E-state index contributed by atoms with van der Waals surface area (Å²) >= 11 is 0. The molecule has 164 valence electrons. The van der Waals surface area contributed by atoms with E-state index in [2.05, 4.69) is 20.6 Å². The normalized spacial score (nSPS) is 21.9. The average molecular weight is 521 g/mol. The van der Waals surface area contributed by atoms with Crippen molar-refractivity contribution >= 4 is 35.8 Å². The number of hydrogen-bond acceptors (Lipinski definition) is 5. The lowest BCUT2D eigenvalue weighted by atomic mass is 10.1. The smallest absolute Gasteiger partial charge is 0.191 e. The van der Waals surface area contributed by atoms with E-state index in [1.54, 1.807) is 12.3 Å². The topological polar surface area (TPSA) is 71.0 Å². The molecule has 2 aliphatic rings. The standard InChI is InChI=1S/C20H32FN5O2.HI/c1-2-22-20(24-9-4-11-27-14-16-7-12-28-15-16)25-17-6-10-26(13-17)19-18(21)5-3-8-23-19;/h3,5,8,16-17H,2,4,6-7,9-15H2,1H3,(H2,22,24,25);1H. The second kappa shape index (κ2) is 13.2. The molecular formula is C20H33FIN5O2. The van der Waals surface area contributed by atoms with E-state index in [0.717, 1.165) is 64.7 Å². The molecule has 3 heterocycles. The van der Waals surface area contributed by atoms with Crippen LogP contribution in [-0.4, -0.2) is 69.6 Å². The van der Waals surface area contributed by atoms with Gasteiger partial charge in [-0.25, -0.2) is 9.37 Å². The van der Waals surface area contributed by atoms with Crippen molar-refractivity contribution in [2.24, 2.45) is 10.9 Å². The molecule has 9 heteroatoms. The van der Waals surface area contributed by atoms with Crippen LogP contribution >= 0.6 is 24.0 Å². The Morgan fingerprint density at radius 3 is 3.10 bits per heavy atom. The number of anilines is 1. The van der Waals surface area contributed by atoms with Gasteiger partial charge in [0.1, 0.15) is 0 Å². The quantitative estimate of drug-likeness (QED) is 0.225. The molecule has 0 radical (unpaired) electrons. The summed E-state index contributed by atoms with van der Waals surface area (Å²) in [5.74, 6) is 1.52. The summed E-state index contributed by atoms with van der Waals surface area (Å²) in [6.45, 7) is 8.24. The van der Waals surface area contributed by atoms with Crippen LogP contribution in [0, 0.1) is 11.7 Å². The molecule has 2 saturated heterocycles. The monoisotopic (exact) mass is 521 g/mol. The van der Waals surface area contributed by atoms with Crippen LogP contribution in [0.15, 0.2) is 23.3 Å². The highest BCUT2D eigenvalue weighted by Crippen LogP contribution is 2.20. The van der Waals surface area contributed by atoms with Gasteiger partial charge in [0.25, 0.3) is 0 Å². The zero-order chi connectivity index (χ0) is 19.6. The summed E-state index contributed by atoms with van der Waals surface area (Å²) in [7, 11) is 0. The number of aromatic nitrogens is 1. The number of rotatable bonds is 9. The van der Waals surface area contributed by atoms with Crippen molar-refractivity contribution in [3.05, 3.63) is 24.1 Å². The molecule has 2 aliphatic heterocycles. The fourth-order valence-corrected chi connectivity index (χ4v) is 3.52. The van der Waals surface area contributed by atoms with Gasteiger partial charge in [0.05, 0.1) is 13.2 Å². The maximum absolute atomic E-state index is 13.9. The lowest BCUT2D eigenvalue weighted by molar-refractivity contribution is 0.0893. The molecule has 0 aromatic carbocycles. The van der Waals surface area contributed by atoms with Crippen LogP contribution in [0.4, 0.5) is 10.2 Å². The Morgan fingerprint density at radius 1 is 1.45 bits per heavy atom. The van der Waals surface area contributed by atoms with E-state index in [1.807, 2.05) is 11.8 Å². The Bertz CT molecular complexity index is 631. The van der Waals surface area contributed by atoms with Gasteiger partial charge in [-0.3, -0.25) is 4.99 Å². The molecule has 2 atom stereocenters. The largest absolute Gasteiger partial charge is 0.381 e. The number of aliphatic imine (C=N–C) groups is 1. The molecule has 1 aromatic heterocycles. The van der Waals surface area contributed by atoms with E-state index >= 15 is 0 Å². The Balaban J connectivity index is 0.00000300. The molecule has 2 N–H and O–H groups in total. The highest BCUT2D eigenvalue weighted by molar-refractivity contribution is 14.0. The predicted molar refractivity (Wildman–Crippen MR) is 124 cm³/mol. The fraction of sp³-hybridized carbons (Fsp3) is 0.700. The molecule has 7 nitrogen and oxygen atoms in total. The Labute approximate surface area is 189 Å². The highest BCUT2D eigenvalue weighted by Gasteiger charge is 2.25. The first kappa shape index (κ1) is 24.1. The third-order valence-corrected chi connectivity index (χ3v) is 5.01. The van der Waals surface area contributed by atoms with Gasteiger partial charge in [0, 0.05) is 57.5 Å². The summed E-state index contributed by atoms with van der Waals surface area (Å²) in [6.07, 6.45) is 4.55. The van der Waals surface area contributed by atoms with E-state index in [4.69, 9.17) is 9.47 Å². The van der Waals surface area contributed by atoms with Crippen LogP contribution in [0.3, 0.4) is 0 Å². The van der Waals surface area contributed by atoms with Gasteiger partial charge in [0.2, 0.25) is 0 Å². The Morgan fingerprint density at radius 2 is 2.34 bits per heavy atom. The molecule has 3 rings (SSSR count). The molecule has 0 aliphatic carbocycles. The van der Waals surface area contributed by atoms with Crippen LogP contribution in [0.5, 0.6) is 0 Å². The molecule has 2 unspecified atom stereocenters. The van der Waals surface area contributed by atoms with Crippen molar-refractivity contribution in [2.75, 3.05) is 57.5 Å². The number of pyridine rings is 1. The van der Waals surface area contributed by atoms with E-state index in [1.165, 1.54) is 6.07 Å². The minimum Gasteiger partial charge on any atom is -0.381 e. The minimum absolute atomic E-state index is 0. The van der Waals surface area contributed by atoms with Gasteiger partial charge in [0.15, 0.2) is 17.6 Å². The summed E-state index contributed by atoms with van der Waals surface area (Å²) in [5.41, 5.74) is 0. The maximum atomic E-state index is 13.9. The van der Waals surface area contributed by atoms with Crippen LogP contribution < -0.4 is 15.5 Å². The van der Waals surface area contributed by atoms with Crippen molar-refractivity contribution in [3.63, 3.8) is 0 Å². The van der Waals surface area contributed by atoms with E-state index in [9.17, 15) is 4.39 Å². The molecular weight excluding hydrogens is 488 g/mol.